The monoisotopic (exact) mass is 302 g/mol. The number of sulfonamides is 1. The lowest BCUT2D eigenvalue weighted by Gasteiger charge is -2.05. The molecule has 0 spiro atoms. The van der Waals surface area contributed by atoms with Crippen LogP contribution in [0.2, 0.25) is 4.34 Å². The van der Waals surface area contributed by atoms with Crippen molar-refractivity contribution in [2.45, 2.75) is 11.4 Å². The van der Waals surface area contributed by atoms with Crippen molar-refractivity contribution in [1.29, 1.82) is 0 Å². The zero-order valence-corrected chi connectivity index (χ0v) is 11.6. The summed E-state index contributed by atoms with van der Waals surface area (Å²) in [5.74, 6) is 0. The summed E-state index contributed by atoms with van der Waals surface area (Å²) in [6.45, 7) is 0.645. The fraction of sp³-hybridized carbons (Fsp3) is 0.0909. The highest BCUT2D eigenvalue weighted by Gasteiger charge is 2.06. The van der Waals surface area contributed by atoms with Gasteiger partial charge in [-0.15, -0.1) is 11.3 Å². The van der Waals surface area contributed by atoms with Gasteiger partial charge in [-0.05, 0) is 36.4 Å². The van der Waals surface area contributed by atoms with E-state index in [1.165, 1.54) is 23.5 Å². The van der Waals surface area contributed by atoms with Gasteiger partial charge in [-0.25, -0.2) is 13.6 Å². The van der Waals surface area contributed by atoms with Gasteiger partial charge in [-0.2, -0.15) is 0 Å². The molecule has 0 aliphatic rings. The molecule has 3 N–H and O–H groups in total. The number of nitrogens with two attached hydrogens (primary N) is 1. The molecule has 0 atom stereocenters. The van der Waals surface area contributed by atoms with Crippen LogP contribution in [-0.2, 0) is 16.6 Å². The number of halogens is 1. The maximum absolute atomic E-state index is 11.1. The van der Waals surface area contributed by atoms with E-state index in [4.69, 9.17) is 16.7 Å². The molecule has 18 heavy (non-hydrogen) atoms. The zero-order valence-electron chi connectivity index (χ0n) is 9.26. The second-order valence-corrected chi connectivity index (χ2v) is 6.99. The molecule has 0 saturated carbocycles. The van der Waals surface area contributed by atoms with Crippen molar-refractivity contribution >= 4 is 38.6 Å². The average Bonchev–Trinajstić information content (AvgIpc) is 2.72. The zero-order chi connectivity index (χ0) is 13.2. The number of primary sulfonamides is 1. The van der Waals surface area contributed by atoms with Gasteiger partial charge in [0.25, 0.3) is 0 Å². The Kier molecular flexibility index (Phi) is 3.91. The molecule has 96 valence electrons. The van der Waals surface area contributed by atoms with Crippen molar-refractivity contribution in [2.24, 2.45) is 5.14 Å². The molecule has 2 aromatic rings. The summed E-state index contributed by atoms with van der Waals surface area (Å²) in [7, 11) is -3.63. The van der Waals surface area contributed by atoms with Gasteiger partial charge in [0.1, 0.15) is 0 Å². The van der Waals surface area contributed by atoms with E-state index in [1.54, 1.807) is 12.1 Å². The summed E-state index contributed by atoms with van der Waals surface area (Å²) in [5.41, 5.74) is 0.826. The van der Waals surface area contributed by atoms with Crippen LogP contribution >= 0.6 is 22.9 Å². The predicted molar refractivity (Wildman–Crippen MR) is 74.5 cm³/mol. The number of hydrogen-bond donors (Lipinski definition) is 2. The Balaban J connectivity index is 2.03. The predicted octanol–water partition coefficient (Wildman–Crippen LogP) is 2.66. The van der Waals surface area contributed by atoms with Crippen LogP contribution in [0.25, 0.3) is 0 Å². The molecule has 0 amide bonds. The van der Waals surface area contributed by atoms with E-state index in [1.807, 2.05) is 12.1 Å². The normalized spacial score (nSPS) is 11.4. The Morgan fingerprint density at radius 3 is 2.33 bits per heavy atom. The lowest BCUT2D eigenvalue weighted by molar-refractivity contribution is 0.598. The first-order chi connectivity index (χ1) is 8.45. The Hall–Kier alpha value is -1.08. The fourth-order valence-electron chi connectivity index (χ4n) is 1.40. The molecule has 1 heterocycles. The molecule has 1 aromatic carbocycles. The lowest BCUT2D eigenvalue weighted by Crippen LogP contribution is -2.11. The SMILES string of the molecule is NS(=O)(=O)c1ccc(NCc2ccc(Cl)s2)cc1. The van der Waals surface area contributed by atoms with E-state index >= 15 is 0 Å². The molecule has 0 fully saturated rings. The highest BCUT2D eigenvalue weighted by Crippen LogP contribution is 2.22. The first-order valence-corrected chi connectivity index (χ1v) is 7.80. The summed E-state index contributed by atoms with van der Waals surface area (Å²) in [6.07, 6.45) is 0. The van der Waals surface area contributed by atoms with Gasteiger partial charge in [0.2, 0.25) is 10.0 Å². The van der Waals surface area contributed by atoms with Gasteiger partial charge in [0.05, 0.1) is 9.23 Å². The van der Waals surface area contributed by atoms with Crippen LogP contribution < -0.4 is 10.5 Å². The number of anilines is 1. The average molecular weight is 303 g/mol. The molecule has 7 heteroatoms. The number of nitrogens with one attached hydrogen (secondary N) is 1. The van der Waals surface area contributed by atoms with E-state index < -0.39 is 10.0 Å². The molecular weight excluding hydrogens is 292 g/mol. The third kappa shape index (κ3) is 3.46. The molecule has 0 saturated heterocycles. The third-order valence-corrected chi connectivity index (χ3v) is 4.44. The maximum Gasteiger partial charge on any atom is 0.238 e. The van der Waals surface area contributed by atoms with Gasteiger partial charge in [-0.1, -0.05) is 11.6 Å². The minimum atomic E-state index is -3.63. The Bertz CT molecular complexity index is 635. The number of hydrogen-bond acceptors (Lipinski definition) is 4. The van der Waals surface area contributed by atoms with Gasteiger partial charge in [0.15, 0.2) is 0 Å². The van der Waals surface area contributed by atoms with Crippen LogP contribution in [0.5, 0.6) is 0 Å². The van der Waals surface area contributed by atoms with Crippen LogP contribution in [-0.4, -0.2) is 8.42 Å². The van der Waals surface area contributed by atoms with Crippen LogP contribution in [0.3, 0.4) is 0 Å². The fourth-order valence-corrected chi connectivity index (χ4v) is 2.94. The van der Waals surface area contributed by atoms with Crippen molar-refractivity contribution in [3.63, 3.8) is 0 Å². The third-order valence-electron chi connectivity index (χ3n) is 2.28. The Morgan fingerprint density at radius 1 is 1.17 bits per heavy atom. The second kappa shape index (κ2) is 5.27. The van der Waals surface area contributed by atoms with Crippen molar-refractivity contribution in [3.05, 3.63) is 45.6 Å². The van der Waals surface area contributed by atoms with E-state index in [0.717, 1.165) is 14.9 Å². The highest BCUT2D eigenvalue weighted by molar-refractivity contribution is 7.89. The van der Waals surface area contributed by atoms with Gasteiger partial charge < -0.3 is 5.32 Å². The molecular formula is C11H11ClN2O2S2. The summed E-state index contributed by atoms with van der Waals surface area (Å²) >= 11 is 7.32. The molecule has 2 rings (SSSR count). The van der Waals surface area contributed by atoms with Crippen LogP contribution in [0, 0.1) is 0 Å². The molecule has 4 nitrogen and oxygen atoms in total. The van der Waals surface area contributed by atoms with Crippen LogP contribution in [0.4, 0.5) is 5.69 Å². The quantitative estimate of drug-likeness (QED) is 0.912. The molecule has 0 aliphatic carbocycles. The van der Waals surface area contributed by atoms with Crippen molar-refractivity contribution in [3.8, 4) is 0 Å². The van der Waals surface area contributed by atoms with Crippen molar-refractivity contribution in [1.82, 2.24) is 0 Å². The Morgan fingerprint density at radius 2 is 1.83 bits per heavy atom. The van der Waals surface area contributed by atoms with Gasteiger partial charge in [-0.3, -0.25) is 0 Å². The largest absolute Gasteiger partial charge is 0.380 e. The van der Waals surface area contributed by atoms with Gasteiger partial charge >= 0.3 is 0 Å². The topological polar surface area (TPSA) is 72.2 Å². The summed E-state index contributed by atoms with van der Waals surface area (Å²) in [4.78, 5) is 1.21. The summed E-state index contributed by atoms with van der Waals surface area (Å²) < 4.78 is 22.9. The maximum atomic E-state index is 11.1. The standard InChI is InChI=1S/C11H11ClN2O2S2/c12-11-6-3-9(17-11)7-14-8-1-4-10(5-2-8)18(13,15)16/h1-6,14H,7H2,(H2,13,15,16). The van der Waals surface area contributed by atoms with Crippen LogP contribution in [0.1, 0.15) is 4.88 Å². The summed E-state index contributed by atoms with van der Waals surface area (Å²) in [5, 5.41) is 8.18. The van der Waals surface area contributed by atoms with E-state index in [-0.39, 0.29) is 4.90 Å². The minimum Gasteiger partial charge on any atom is -0.380 e. The van der Waals surface area contributed by atoms with E-state index in [2.05, 4.69) is 5.32 Å². The molecule has 0 unspecified atom stereocenters. The van der Waals surface area contributed by atoms with Crippen LogP contribution in [0.15, 0.2) is 41.3 Å². The van der Waals surface area contributed by atoms with E-state index in [0.29, 0.717) is 6.54 Å². The highest BCUT2D eigenvalue weighted by atomic mass is 35.5. The Labute approximate surface area is 114 Å². The minimum absolute atomic E-state index is 0.104. The number of thiophene rings is 1. The molecule has 0 aliphatic heterocycles. The van der Waals surface area contributed by atoms with Crippen molar-refractivity contribution < 1.29 is 8.42 Å². The lowest BCUT2D eigenvalue weighted by atomic mass is 10.3. The molecule has 1 aromatic heterocycles. The van der Waals surface area contributed by atoms with E-state index in [9.17, 15) is 8.42 Å². The van der Waals surface area contributed by atoms with Crippen molar-refractivity contribution in [2.75, 3.05) is 5.32 Å². The summed E-state index contributed by atoms with van der Waals surface area (Å²) in [6, 6.07) is 10.1. The first kappa shape index (κ1) is 13.4. The smallest absolute Gasteiger partial charge is 0.238 e. The number of benzene rings is 1. The number of rotatable bonds is 4. The first-order valence-electron chi connectivity index (χ1n) is 5.06. The second-order valence-electron chi connectivity index (χ2n) is 3.63. The molecule has 0 bridgehead atoms. The molecule has 0 radical (unpaired) electrons. The van der Waals surface area contributed by atoms with Gasteiger partial charge in [0, 0.05) is 17.1 Å².